The fourth-order valence-electron chi connectivity index (χ4n) is 1.86. The van der Waals surface area contributed by atoms with Crippen LogP contribution in [0.5, 0.6) is 5.75 Å². The van der Waals surface area contributed by atoms with Crippen molar-refractivity contribution >= 4 is 37.8 Å². The van der Waals surface area contributed by atoms with Crippen molar-refractivity contribution in [3.05, 3.63) is 29.8 Å². The Morgan fingerprint density at radius 1 is 1.21 bits per heavy atom. The summed E-state index contributed by atoms with van der Waals surface area (Å²) in [5.41, 5.74) is 0.835. The average Bonchev–Trinajstić information content (AvgIpc) is 2.79. The molecule has 0 heterocycles. The zero-order valence-corrected chi connectivity index (χ0v) is 14.8. The molecule has 2 nitrogen and oxygen atoms in total. The van der Waals surface area contributed by atoms with Crippen molar-refractivity contribution in [2.45, 2.75) is 42.8 Å². The van der Waals surface area contributed by atoms with Crippen molar-refractivity contribution in [3.8, 4) is 5.75 Å². The van der Waals surface area contributed by atoms with Crippen LogP contribution in [0.15, 0.2) is 24.3 Å². The fourth-order valence-corrected chi connectivity index (χ4v) is 3.31. The van der Waals surface area contributed by atoms with E-state index in [-0.39, 0.29) is 14.6 Å². The van der Waals surface area contributed by atoms with Gasteiger partial charge in [0, 0.05) is 0 Å². The first-order valence-corrected chi connectivity index (χ1v) is 7.85. The Morgan fingerprint density at radius 3 is 2.05 bits per heavy atom. The quantitative estimate of drug-likeness (QED) is 0.413. The number of halogens is 2. The number of carbonyl (C=O) groups is 1. The number of benzene rings is 1. The lowest BCUT2D eigenvalue weighted by molar-refractivity contribution is -0.139. The van der Waals surface area contributed by atoms with E-state index in [4.69, 9.17) is 4.74 Å². The maximum absolute atomic E-state index is 12.1. The summed E-state index contributed by atoms with van der Waals surface area (Å²) in [5, 5.41) is 0. The molecule has 1 fully saturated rings. The van der Waals surface area contributed by atoms with Crippen molar-refractivity contribution in [3.63, 3.8) is 0 Å². The highest BCUT2D eigenvalue weighted by Crippen LogP contribution is 2.66. The summed E-state index contributed by atoms with van der Waals surface area (Å²) >= 11 is 6.95. The first kappa shape index (κ1) is 15.0. The van der Waals surface area contributed by atoms with Gasteiger partial charge in [-0.05, 0) is 36.5 Å². The lowest BCUT2D eigenvalue weighted by Gasteiger charge is -2.19. The van der Waals surface area contributed by atoms with Gasteiger partial charge in [0.2, 0.25) is 0 Å². The van der Waals surface area contributed by atoms with E-state index in [1.54, 1.807) is 0 Å². The minimum Gasteiger partial charge on any atom is -0.426 e. The summed E-state index contributed by atoms with van der Waals surface area (Å²) in [7, 11) is 0. The van der Waals surface area contributed by atoms with Gasteiger partial charge < -0.3 is 4.74 Å². The third-order valence-corrected chi connectivity index (χ3v) is 5.95. The third kappa shape index (κ3) is 2.89. The molecule has 0 N–H and O–H groups in total. The summed E-state index contributed by atoms with van der Waals surface area (Å²) < 4.78 is 5.14. The molecule has 0 aromatic heterocycles. The van der Waals surface area contributed by atoms with Crippen molar-refractivity contribution in [1.29, 1.82) is 0 Å². The van der Waals surface area contributed by atoms with E-state index >= 15 is 0 Å². The van der Waals surface area contributed by atoms with Gasteiger partial charge in [0.25, 0.3) is 0 Å². The summed E-state index contributed by atoms with van der Waals surface area (Å²) in [6.07, 6.45) is 0.735. The lowest BCUT2D eigenvalue weighted by atomic mass is 9.87. The fraction of sp³-hybridized carbons (Fsp3) is 0.533. The van der Waals surface area contributed by atoms with Gasteiger partial charge in [-0.3, -0.25) is 4.79 Å². The van der Waals surface area contributed by atoms with Gasteiger partial charge in [-0.2, -0.15) is 0 Å². The van der Waals surface area contributed by atoms with E-state index < -0.39 is 5.41 Å². The Balaban J connectivity index is 2.07. The van der Waals surface area contributed by atoms with E-state index in [1.165, 1.54) is 5.56 Å². The molecule has 1 atom stereocenters. The van der Waals surface area contributed by atoms with Gasteiger partial charge in [0.1, 0.15) is 5.75 Å². The van der Waals surface area contributed by atoms with Crippen LogP contribution < -0.4 is 4.74 Å². The van der Waals surface area contributed by atoms with Crippen molar-refractivity contribution < 1.29 is 9.53 Å². The molecule has 1 aromatic carbocycles. The Hall–Kier alpha value is -0.350. The normalized spacial score (nSPS) is 24.9. The molecule has 1 aromatic rings. The van der Waals surface area contributed by atoms with Crippen molar-refractivity contribution in [2.24, 2.45) is 5.41 Å². The first-order valence-electron chi connectivity index (χ1n) is 6.27. The first-order chi connectivity index (χ1) is 8.56. The van der Waals surface area contributed by atoms with E-state index in [1.807, 2.05) is 31.2 Å². The van der Waals surface area contributed by atoms with Crippen LogP contribution in [0.1, 0.15) is 39.7 Å². The predicted molar refractivity (Wildman–Crippen MR) is 84.1 cm³/mol. The molecule has 104 valence electrons. The summed E-state index contributed by atoms with van der Waals surface area (Å²) in [6.45, 7) is 8.36. The van der Waals surface area contributed by atoms with Crippen LogP contribution in [0.2, 0.25) is 0 Å². The van der Waals surface area contributed by atoms with Gasteiger partial charge in [-0.15, -0.1) is 0 Å². The molecule has 0 spiro atoms. The molecule has 1 aliphatic carbocycles. The summed E-state index contributed by atoms with van der Waals surface area (Å²) in [4.78, 5) is 12.1. The standard InChI is InChI=1S/C15H18Br2O2/c1-13(2,3)10-5-7-11(8-6-10)19-12(18)14(4)9-15(14,16)17/h5-8H,9H2,1-4H3/t14-/m0/s1. The van der Waals surface area contributed by atoms with Gasteiger partial charge in [-0.25, -0.2) is 0 Å². The van der Waals surface area contributed by atoms with E-state index in [2.05, 4.69) is 52.6 Å². The van der Waals surface area contributed by atoms with Gasteiger partial charge in [0.15, 0.2) is 0 Å². The second kappa shape index (κ2) is 4.59. The molecule has 0 unspecified atom stereocenters. The third-order valence-electron chi connectivity index (χ3n) is 3.64. The highest BCUT2D eigenvalue weighted by atomic mass is 79.9. The van der Waals surface area contributed by atoms with Crippen LogP contribution in [0.25, 0.3) is 0 Å². The second-order valence-electron chi connectivity index (χ2n) is 6.38. The predicted octanol–water partition coefficient (Wildman–Crippen LogP) is 4.79. The number of rotatable bonds is 2. The second-order valence-corrected chi connectivity index (χ2v) is 10.1. The van der Waals surface area contributed by atoms with Crippen LogP contribution >= 0.6 is 31.9 Å². The van der Waals surface area contributed by atoms with Gasteiger partial charge in [0.05, 0.1) is 8.65 Å². The highest BCUT2D eigenvalue weighted by molar-refractivity contribution is 9.25. The number of carbonyl (C=O) groups excluding carboxylic acids is 1. The Bertz CT molecular complexity index is 500. The lowest BCUT2D eigenvalue weighted by Crippen LogP contribution is -2.23. The monoisotopic (exact) mass is 388 g/mol. The zero-order chi connectivity index (χ0) is 14.5. The maximum Gasteiger partial charge on any atom is 0.319 e. The Kier molecular flexibility index (Phi) is 3.63. The SMILES string of the molecule is CC(C)(C)c1ccc(OC(=O)[C@]2(C)CC2(Br)Br)cc1. The summed E-state index contributed by atoms with van der Waals surface area (Å²) in [5.74, 6) is 0.395. The van der Waals surface area contributed by atoms with Crippen LogP contribution in [0.3, 0.4) is 0 Å². The zero-order valence-electron chi connectivity index (χ0n) is 11.6. The smallest absolute Gasteiger partial charge is 0.319 e. The summed E-state index contributed by atoms with van der Waals surface area (Å²) in [6, 6.07) is 7.73. The molecule has 4 heteroatoms. The van der Waals surface area contributed by atoms with Crippen LogP contribution in [0.4, 0.5) is 0 Å². The van der Waals surface area contributed by atoms with Crippen molar-refractivity contribution in [2.75, 3.05) is 0 Å². The van der Waals surface area contributed by atoms with Crippen molar-refractivity contribution in [1.82, 2.24) is 0 Å². The number of hydrogen-bond donors (Lipinski definition) is 0. The molecule has 0 saturated heterocycles. The molecule has 1 saturated carbocycles. The Labute approximate surface area is 131 Å². The largest absolute Gasteiger partial charge is 0.426 e. The van der Waals surface area contributed by atoms with Gasteiger partial charge >= 0.3 is 5.97 Å². The molecular formula is C15H18Br2O2. The molecule has 0 radical (unpaired) electrons. The van der Waals surface area contributed by atoms with Crippen LogP contribution in [-0.4, -0.2) is 9.20 Å². The molecule has 0 bridgehead atoms. The maximum atomic E-state index is 12.1. The van der Waals surface area contributed by atoms with Crippen LogP contribution in [-0.2, 0) is 10.2 Å². The number of ether oxygens (including phenoxy) is 1. The molecule has 1 aliphatic rings. The van der Waals surface area contributed by atoms with Crippen LogP contribution in [0, 0.1) is 5.41 Å². The topological polar surface area (TPSA) is 26.3 Å². The van der Waals surface area contributed by atoms with Gasteiger partial charge in [-0.1, -0.05) is 64.8 Å². The number of alkyl halides is 2. The molecule has 2 rings (SSSR count). The number of esters is 1. The van der Waals surface area contributed by atoms with E-state index in [0.29, 0.717) is 5.75 Å². The van der Waals surface area contributed by atoms with E-state index in [0.717, 1.165) is 6.42 Å². The average molecular weight is 390 g/mol. The van der Waals surface area contributed by atoms with E-state index in [9.17, 15) is 4.79 Å². The number of hydrogen-bond acceptors (Lipinski definition) is 2. The molecule has 19 heavy (non-hydrogen) atoms. The highest BCUT2D eigenvalue weighted by Gasteiger charge is 2.68. The minimum atomic E-state index is -0.490. The Morgan fingerprint density at radius 2 is 1.68 bits per heavy atom. The molecule has 0 aliphatic heterocycles. The minimum absolute atomic E-state index is 0.103. The molecule has 0 amide bonds. The molecular weight excluding hydrogens is 372 g/mol.